The van der Waals surface area contributed by atoms with Crippen LogP contribution in [0.5, 0.6) is 5.75 Å². The van der Waals surface area contributed by atoms with Crippen LogP contribution in [0.3, 0.4) is 0 Å². The van der Waals surface area contributed by atoms with E-state index in [0.717, 1.165) is 9.82 Å². The summed E-state index contributed by atoms with van der Waals surface area (Å²) in [5.41, 5.74) is 1.50. The van der Waals surface area contributed by atoms with Gasteiger partial charge in [-0.3, -0.25) is 14.9 Å². The normalized spacial score (nSPS) is 11.7. The Labute approximate surface area is 190 Å². The number of fused-ring (bicyclic) bond motifs is 1. The quantitative estimate of drug-likeness (QED) is 0.261. The van der Waals surface area contributed by atoms with E-state index in [9.17, 15) is 23.3 Å². The first kappa shape index (κ1) is 24.1. The first-order valence-electron chi connectivity index (χ1n) is 9.89. The Morgan fingerprint density at radius 1 is 1.21 bits per heavy atom. The van der Waals surface area contributed by atoms with Gasteiger partial charge >= 0.3 is 5.97 Å². The highest BCUT2D eigenvalue weighted by molar-refractivity contribution is 7.89. The van der Waals surface area contributed by atoms with Gasteiger partial charge in [-0.15, -0.1) is 0 Å². The molecule has 0 aliphatic carbocycles. The number of hydrogen-bond donors (Lipinski definition) is 0. The summed E-state index contributed by atoms with van der Waals surface area (Å²) in [5.74, 6) is 0.466. The second-order valence-electron chi connectivity index (χ2n) is 7.44. The Balaban J connectivity index is 1.69. The molecule has 1 aromatic heterocycles. The van der Waals surface area contributed by atoms with Crippen LogP contribution in [0.15, 0.2) is 41.3 Å². The van der Waals surface area contributed by atoms with Crippen LogP contribution >= 0.6 is 0 Å². The van der Waals surface area contributed by atoms with E-state index in [0.29, 0.717) is 22.7 Å². The fraction of sp³-hybridized carbons (Fsp3) is 0.333. The van der Waals surface area contributed by atoms with Crippen molar-refractivity contribution in [2.24, 2.45) is 7.05 Å². The third-order valence-corrected chi connectivity index (χ3v) is 6.95. The number of benzene rings is 2. The highest BCUT2D eigenvalue weighted by atomic mass is 32.2. The maximum Gasteiger partial charge on any atom is 0.306 e. The number of nitro benzene ring substituents is 1. The van der Waals surface area contributed by atoms with Gasteiger partial charge in [0, 0.05) is 45.3 Å². The minimum Gasteiger partial charge on any atom is -0.496 e. The molecule has 0 atom stereocenters. The number of carbonyl (C=O) groups excluding carboxylic acids is 1. The van der Waals surface area contributed by atoms with Crippen LogP contribution in [-0.2, 0) is 39.6 Å². The lowest BCUT2D eigenvalue weighted by atomic mass is 10.2. The first-order chi connectivity index (χ1) is 15.5. The van der Waals surface area contributed by atoms with E-state index < -0.39 is 20.9 Å². The lowest BCUT2D eigenvalue weighted by Crippen LogP contribution is -2.22. The summed E-state index contributed by atoms with van der Waals surface area (Å²) < 4.78 is 38.1. The molecule has 0 bridgehead atoms. The predicted octanol–water partition coefficient (Wildman–Crippen LogP) is 2.42. The molecule has 0 radical (unpaired) electrons. The van der Waals surface area contributed by atoms with Gasteiger partial charge in [0.1, 0.15) is 18.2 Å². The number of sulfonamides is 1. The Bertz CT molecular complexity index is 1320. The van der Waals surface area contributed by atoms with Gasteiger partial charge in [0.15, 0.2) is 0 Å². The van der Waals surface area contributed by atoms with Gasteiger partial charge in [0.25, 0.3) is 5.69 Å². The van der Waals surface area contributed by atoms with Gasteiger partial charge in [-0.25, -0.2) is 17.7 Å². The van der Waals surface area contributed by atoms with Gasteiger partial charge in [0.05, 0.1) is 34.4 Å². The first-order valence-corrected chi connectivity index (χ1v) is 11.3. The maximum absolute atomic E-state index is 12.4. The number of nitro groups is 1. The molecule has 0 fully saturated rings. The number of rotatable bonds is 9. The van der Waals surface area contributed by atoms with Crippen molar-refractivity contribution in [1.29, 1.82) is 0 Å². The SMILES string of the molecule is COc1ccc([N+](=O)[O-])cc1COC(=O)CCc1nc2cc(S(=O)(=O)N(C)C)ccc2n1C. The highest BCUT2D eigenvalue weighted by Gasteiger charge is 2.19. The minimum absolute atomic E-state index is 0.0251. The molecule has 3 aromatic rings. The molecule has 33 heavy (non-hydrogen) atoms. The van der Waals surface area contributed by atoms with Gasteiger partial charge in [-0.2, -0.15) is 0 Å². The second kappa shape index (κ2) is 9.55. The van der Waals surface area contributed by atoms with Crippen molar-refractivity contribution in [2.75, 3.05) is 21.2 Å². The number of esters is 1. The molecule has 1 heterocycles. The van der Waals surface area contributed by atoms with E-state index in [1.807, 2.05) is 0 Å². The summed E-state index contributed by atoms with van der Waals surface area (Å²) in [6.45, 7) is -0.169. The number of ether oxygens (including phenoxy) is 2. The molecule has 0 spiro atoms. The zero-order valence-corrected chi connectivity index (χ0v) is 19.5. The average molecular weight is 477 g/mol. The van der Waals surface area contributed by atoms with Crippen molar-refractivity contribution in [1.82, 2.24) is 13.9 Å². The van der Waals surface area contributed by atoms with Crippen LogP contribution < -0.4 is 4.74 Å². The molecule has 0 saturated carbocycles. The number of aromatic nitrogens is 2. The summed E-state index contributed by atoms with van der Waals surface area (Å²) in [4.78, 5) is 27.3. The lowest BCUT2D eigenvalue weighted by Gasteiger charge is -2.11. The minimum atomic E-state index is -3.59. The number of aryl methyl sites for hydroxylation is 2. The molecule has 0 unspecified atom stereocenters. The molecule has 0 aliphatic heterocycles. The highest BCUT2D eigenvalue weighted by Crippen LogP contribution is 2.25. The zero-order chi connectivity index (χ0) is 24.3. The molecule has 176 valence electrons. The number of non-ortho nitro benzene ring substituents is 1. The van der Waals surface area contributed by atoms with Crippen molar-refractivity contribution in [3.63, 3.8) is 0 Å². The zero-order valence-electron chi connectivity index (χ0n) is 18.6. The van der Waals surface area contributed by atoms with Gasteiger partial charge in [-0.05, 0) is 24.3 Å². The Kier molecular flexibility index (Phi) is 6.98. The lowest BCUT2D eigenvalue weighted by molar-refractivity contribution is -0.385. The molecule has 0 aliphatic rings. The number of methoxy groups -OCH3 is 1. The molecule has 0 amide bonds. The maximum atomic E-state index is 12.4. The van der Waals surface area contributed by atoms with Crippen molar-refractivity contribution in [3.05, 3.63) is 57.9 Å². The summed E-state index contributed by atoms with van der Waals surface area (Å²) >= 11 is 0. The predicted molar refractivity (Wildman–Crippen MR) is 119 cm³/mol. The van der Waals surface area contributed by atoms with Crippen LogP contribution in [-0.4, -0.2) is 54.4 Å². The van der Waals surface area contributed by atoms with Crippen molar-refractivity contribution in [3.8, 4) is 5.75 Å². The van der Waals surface area contributed by atoms with Crippen LogP contribution in [0.4, 0.5) is 5.69 Å². The number of nitrogens with zero attached hydrogens (tertiary/aromatic N) is 4. The Hall–Kier alpha value is -3.51. The largest absolute Gasteiger partial charge is 0.496 e. The van der Waals surface area contributed by atoms with Crippen LogP contribution in [0.1, 0.15) is 17.8 Å². The molecule has 2 aromatic carbocycles. The van der Waals surface area contributed by atoms with Crippen molar-refractivity contribution >= 4 is 32.7 Å². The van der Waals surface area contributed by atoms with E-state index in [1.54, 1.807) is 17.7 Å². The number of imidazole rings is 1. The number of carbonyl (C=O) groups is 1. The van der Waals surface area contributed by atoms with E-state index in [4.69, 9.17) is 9.47 Å². The van der Waals surface area contributed by atoms with E-state index in [-0.39, 0.29) is 30.0 Å². The molecule has 11 nitrogen and oxygen atoms in total. The summed E-state index contributed by atoms with van der Waals surface area (Å²) in [6.07, 6.45) is 0.295. The van der Waals surface area contributed by atoms with E-state index in [1.165, 1.54) is 51.5 Å². The molecule has 0 saturated heterocycles. The monoisotopic (exact) mass is 476 g/mol. The summed E-state index contributed by atoms with van der Waals surface area (Å²) in [5, 5.41) is 11.0. The topological polar surface area (TPSA) is 134 Å². The van der Waals surface area contributed by atoms with Crippen LogP contribution in [0.2, 0.25) is 0 Å². The Morgan fingerprint density at radius 3 is 2.58 bits per heavy atom. The fourth-order valence-electron chi connectivity index (χ4n) is 3.26. The van der Waals surface area contributed by atoms with Gasteiger partial charge in [-0.1, -0.05) is 0 Å². The molecule has 0 N–H and O–H groups in total. The van der Waals surface area contributed by atoms with Crippen LogP contribution in [0.25, 0.3) is 11.0 Å². The fourth-order valence-corrected chi connectivity index (χ4v) is 4.18. The average Bonchev–Trinajstić information content (AvgIpc) is 3.10. The van der Waals surface area contributed by atoms with Crippen LogP contribution in [0, 0.1) is 10.1 Å². The standard InChI is InChI=1S/C21H24N4O7S/c1-23(2)33(29,30)16-6-7-18-17(12-16)22-20(24(18)3)9-10-21(26)32-13-14-11-15(25(27)28)5-8-19(14)31-4/h5-8,11-12H,9-10,13H2,1-4H3. The Morgan fingerprint density at radius 2 is 1.94 bits per heavy atom. The smallest absolute Gasteiger partial charge is 0.306 e. The number of hydrogen-bond acceptors (Lipinski definition) is 8. The van der Waals surface area contributed by atoms with Gasteiger partial charge in [0.2, 0.25) is 10.0 Å². The second-order valence-corrected chi connectivity index (χ2v) is 9.59. The van der Waals surface area contributed by atoms with E-state index >= 15 is 0 Å². The summed E-state index contributed by atoms with van der Waals surface area (Å²) in [7, 11) is 2.53. The molecule has 12 heteroatoms. The third kappa shape index (κ3) is 5.12. The van der Waals surface area contributed by atoms with Crippen molar-refractivity contribution in [2.45, 2.75) is 24.3 Å². The third-order valence-electron chi connectivity index (χ3n) is 5.14. The van der Waals surface area contributed by atoms with E-state index in [2.05, 4.69) is 4.98 Å². The van der Waals surface area contributed by atoms with Gasteiger partial charge < -0.3 is 14.0 Å². The molecular weight excluding hydrogens is 452 g/mol. The molecular formula is C21H24N4O7S. The molecule has 3 rings (SSSR count). The van der Waals surface area contributed by atoms with Crippen molar-refractivity contribution < 1.29 is 27.6 Å². The summed E-state index contributed by atoms with van der Waals surface area (Å²) in [6, 6.07) is 8.76.